The predicted octanol–water partition coefficient (Wildman–Crippen LogP) is 4.60. The Balaban J connectivity index is 1.45. The molecule has 0 spiro atoms. The van der Waals surface area contributed by atoms with Gasteiger partial charge in [-0.2, -0.15) is 0 Å². The Labute approximate surface area is 185 Å². The SMILES string of the molecule is CC(=O)O[C@H]1CC[C@@]2(C)[C@H](C1)[C@@H](O)[C@H](O)[C@@H]1[C@@H]2CC[C@]2(C)C(c3ccccc3)=CC[C@@H]12. The molecule has 1 aromatic carbocycles. The Bertz CT molecular complexity index is 878. The fourth-order valence-corrected chi connectivity index (χ4v) is 8.20. The number of aliphatic hydroxyl groups is 2. The first-order chi connectivity index (χ1) is 14.8. The maximum absolute atomic E-state index is 11.5. The van der Waals surface area contributed by atoms with Crippen LogP contribution < -0.4 is 0 Å². The van der Waals surface area contributed by atoms with Gasteiger partial charge in [-0.3, -0.25) is 4.79 Å². The highest BCUT2D eigenvalue weighted by Gasteiger charge is 2.64. The molecule has 0 aromatic heterocycles. The maximum Gasteiger partial charge on any atom is 0.302 e. The zero-order valence-corrected chi connectivity index (χ0v) is 19.0. The summed E-state index contributed by atoms with van der Waals surface area (Å²) in [5.74, 6) is 0.592. The molecule has 4 aliphatic carbocycles. The number of rotatable bonds is 2. The van der Waals surface area contributed by atoms with Gasteiger partial charge < -0.3 is 14.9 Å². The van der Waals surface area contributed by atoms with E-state index in [0.717, 1.165) is 32.1 Å². The second kappa shape index (κ2) is 7.45. The molecule has 4 heteroatoms. The molecule has 168 valence electrons. The predicted molar refractivity (Wildman–Crippen MR) is 120 cm³/mol. The summed E-state index contributed by atoms with van der Waals surface area (Å²) in [6.07, 6.45) is 6.43. The van der Waals surface area contributed by atoms with Gasteiger partial charge >= 0.3 is 5.97 Å². The van der Waals surface area contributed by atoms with Crippen molar-refractivity contribution in [3.8, 4) is 0 Å². The number of benzene rings is 1. The summed E-state index contributed by atoms with van der Waals surface area (Å²) in [4.78, 5) is 11.5. The van der Waals surface area contributed by atoms with Crippen molar-refractivity contribution in [1.29, 1.82) is 0 Å². The standard InChI is InChI=1S/C27H36O4/c1-16(28)31-18-11-13-27(3)21-12-14-26(2)19(17-7-5-4-6-8-17)9-10-20(26)23(21)25(30)24(29)22(27)15-18/h4-9,18,20-25,29-30H,10-15H2,1-3H3/t18-,20-,21-,22+,23-,24+,25+,26+,27+/m0/s1. The van der Waals surface area contributed by atoms with E-state index in [4.69, 9.17) is 4.74 Å². The average Bonchev–Trinajstić information content (AvgIpc) is 3.10. The first kappa shape index (κ1) is 21.2. The smallest absolute Gasteiger partial charge is 0.302 e. The minimum atomic E-state index is -0.757. The molecule has 4 nitrogen and oxygen atoms in total. The highest BCUT2D eigenvalue weighted by atomic mass is 16.5. The fraction of sp³-hybridized carbons (Fsp3) is 0.667. The van der Waals surface area contributed by atoms with Gasteiger partial charge in [0.15, 0.2) is 0 Å². The van der Waals surface area contributed by atoms with Gasteiger partial charge in [0.2, 0.25) is 0 Å². The molecule has 0 radical (unpaired) electrons. The van der Waals surface area contributed by atoms with E-state index in [-0.39, 0.29) is 34.7 Å². The lowest BCUT2D eigenvalue weighted by Crippen LogP contribution is -2.64. The van der Waals surface area contributed by atoms with Crippen molar-refractivity contribution >= 4 is 11.5 Å². The zero-order chi connectivity index (χ0) is 22.0. The summed E-state index contributed by atoms with van der Waals surface area (Å²) in [6.45, 7) is 6.16. The van der Waals surface area contributed by atoms with Gasteiger partial charge in [0.25, 0.3) is 0 Å². The van der Waals surface area contributed by atoms with Crippen LogP contribution in [0.2, 0.25) is 0 Å². The molecule has 9 atom stereocenters. The largest absolute Gasteiger partial charge is 0.463 e. The van der Waals surface area contributed by atoms with Crippen molar-refractivity contribution in [3.05, 3.63) is 42.0 Å². The summed E-state index contributed by atoms with van der Waals surface area (Å²) < 4.78 is 5.51. The van der Waals surface area contributed by atoms with Crippen molar-refractivity contribution in [1.82, 2.24) is 0 Å². The van der Waals surface area contributed by atoms with Gasteiger partial charge in [-0.1, -0.05) is 50.3 Å². The molecule has 4 aliphatic rings. The number of hydrogen-bond acceptors (Lipinski definition) is 4. The molecule has 3 saturated carbocycles. The Morgan fingerprint density at radius 1 is 1.00 bits per heavy atom. The van der Waals surface area contributed by atoms with Gasteiger partial charge in [0, 0.05) is 6.92 Å². The Kier molecular flexibility index (Phi) is 5.10. The van der Waals surface area contributed by atoms with Crippen LogP contribution in [0.5, 0.6) is 0 Å². The minimum absolute atomic E-state index is 0.0171. The highest BCUT2D eigenvalue weighted by molar-refractivity contribution is 5.73. The quantitative estimate of drug-likeness (QED) is 0.681. The van der Waals surface area contributed by atoms with Crippen LogP contribution in [0, 0.1) is 34.5 Å². The van der Waals surface area contributed by atoms with E-state index in [9.17, 15) is 15.0 Å². The summed E-state index contributed by atoms with van der Waals surface area (Å²) in [6, 6.07) is 10.7. The van der Waals surface area contributed by atoms with E-state index in [1.165, 1.54) is 18.1 Å². The molecule has 0 unspecified atom stereocenters. The normalized spacial score (nSPS) is 46.4. The third-order valence-corrected chi connectivity index (χ3v) is 9.70. The van der Waals surface area contributed by atoms with E-state index < -0.39 is 12.2 Å². The average molecular weight is 425 g/mol. The number of fused-ring (bicyclic) bond motifs is 5. The summed E-state index contributed by atoms with van der Waals surface area (Å²) in [7, 11) is 0. The van der Waals surface area contributed by atoms with Gasteiger partial charge in [0.05, 0.1) is 12.2 Å². The molecule has 0 amide bonds. The van der Waals surface area contributed by atoms with Crippen molar-refractivity contribution in [2.45, 2.75) is 77.6 Å². The van der Waals surface area contributed by atoms with Crippen LogP contribution in [-0.4, -0.2) is 34.5 Å². The second-order valence-corrected chi connectivity index (χ2v) is 11.1. The van der Waals surface area contributed by atoms with E-state index in [1.54, 1.807) is 0 Å². The molecule has 3 fully saturated rings. The fourth-order valence-electron chi connectivity index (χ4n) is 8.20. The van der Waals surface area contributed by atoms with E-state index >= 15 is 0 Å². The van der Waals surface area contributed by atoms with Crippen LogP contribution in [0.4, 0.5) is 0 Å². The number of carbonyl (C=O) groups excluding carboxylic acids is 1. The molecule has 31 heavy (non-hydrogen) atoms. The van der Waals surface area contributed by atoms with Crippen LogP contribution in [0.3, 0.4) is 0 Å². The molecular weight excluding hydrogens is 388 g/mol. The highest BCUT2D eigenvalue weighted by Crippen LogP contribution is 2.67. The van der Waals surface area contributed by atoms with Gasteiger partial charge in [-0.15, -0.1) is 0 Å². The number of carbonyl (C=O) groups is 1. The number of allylic oxidation sites excluding steroid dienone is 2. The third kappa shape index (κ3) is 3.13. The van der Waals surface area contributed by atoms with Gasteiger partial charge in [0.1, 0.15) is 6.10 Å². The maximum atomic E-state index is 11.5. The van der Waals surface area contributed by atoms with Crippen molar-refractivity contribution in [3.63, 3.8) is 0 Å². The Hall–Kier alpha value is -1.65. The monoisotopic (exact) mass is 424 g/mol. The molecule has 0 bridgehead atoms. The van der Waals surface area contributed by atoms with Crippen molar-refractivity contribution < 1.29 is 19.7 Å². The number of hydrogen-bond donors (Lipinski definition) is 2. The van der Waals surface area contributed by atoms with Crippen molar-refractivity contribution in [2.75, 3.05) is 0 Å². The van der Waals surface area contributed by atoms with Gasteiger partial charge in [-0.05, 0) is 84.2 Å². The van der Waals surface area contributed by atoms with Gasteiger partial charge in [-0.25, -0.2) is 0 Å². The number of aliphatic hydroxyl groups excluding tert-OH is 2. The second-order valence-electron chi connectivity index (χ2n) is 11.1. The summed E-state index contributed by atoms with van der Waals surface area (Å²) in [5, 5.41) is 22.7. The minimum Gasteiger partial charge on any atom is -0.463 e. The van der Waals surface area contributed by atoms with E-state index in [2.05, 4.69) is 50.3 Å². The molecular formula is C27H36O4. The molecule has 0 aliphatic heterocycles. The topological polar surface area (TPSA) is 66.8 Å². The van der Waals surface area contributed by atoms with Crippen molar-refractivity contribution in [2.24, 2.45) is 34.5 Å². The summed E-state index contributed by atoms with van der Waals surface area (Å²) in [5.41, 5.74) is 2.74. The third-order valence-electron chi connectivity index (χ3n) is 9.70. The molecule has 1 aromatic rings. The lowest BCUT2D eigenvalue weighted by molar-refractivity contribution is -0.219. The first-order valence-electron chi connectivity index (χ1n) is 12.0. The zero-order valence-electron chi connectivity index (χ0n) is 19.0. The lowest BCUT2D eigenvalue weighted by Gasteiger charge is -2.63. The Morgan fingerprint density at radius 3 is 2.45 bits per heavy atom. The van der Waals surface area contributed by atoms with Crippen LogP contribution in [-0.2, 0) is 9.53 Å². The van der Waals surface area contributed by atoms with Crippen LogP contribution in [0.15, 0.2) is 36.4 Å². The van der Waals surface area contributed by atoms with E-state index in [0.29, 0.717) is 18.3 Å². The Morgan fingerprint density at radius 2 is 1.74 bits per heavy atom. The number of ether oxygens (including phenoxy) is 1. The van der Waals surface area contributed by atoms with E-state index in [1.807, 2.05) is 0 Å². The lowest BCUT2D eigenvalue weighted by atomic mass is 9.43. The molecule has 0 heterocycles. The first-order valence-corrected chi connectivity index (χ1v) is 12.0. The summed E-state index contributed by atoms with van der Waals surface area (Å²) >= 11 is 0. The van der Waals surface area contributed by atoms with Crippen LogP contribution >= 0.6 is 0 Å². The van der Waals surface area contributed by atoms with Crippen LogP contribution in [0.25, 0.3) is 5.57 Å². The molecule has 0 saturated heterocycles. The molecule has 5 rings (SSSR count). The van der Waals surface area contributed by atoms with Crippen LogP contribution in [0.1, 0.15) is 64.9 Å². The number of esters is 1. The molecule has 2 N–H and O–H groups in total.